The first kappa shape index (κ1) is 42.8. The zero-order valence-electron chi connectivity index (χ0n) is 35.1. The largest absolute Gasteiger partial charge is 0.394 e. The van der Waals surface area contributed by atoms with Gasteiger partial charge in [-0.1, -0.05) is 47.5 Å². The van der Waals surface area contributed by atoms with Crippen molar-refractivity contribution in [1.82, 2.24) is 25.5 Å². The van der Waals surface area contributed by atoms with Crippen LogP contribution in [0, 0.1) is 58.7 Å². The molecule has 11 heteroatoms. The Kier molecular flexibility index (Phi) is 14.4. The molecule has 1 saturated heterocycles. The van der Waals surface area contributed by atoms with E-state index in [9.17, 15) is 19.8 Å². The van der Waals surface area contributed by atoms with Crippen LogP contribution in [-0.2, 0) is 19.2 Å². The number of likely N-dealkylation sites (N-methyl/N-ethyl adjacent to an activating group) is 1. The Morgan fingerprint density at radius 2 is 1.75 bits per heavy atom. The summed E-state index contributed by atoms with van der Waals surface area (Å²) >= 11 is 0. The average molecular weight is 748 g/mol. The van der Waals surface area contributed by atoms with Crippen LogP contribution in [0.5, 0.6) is 0 Å². The highest BCUT2D eigenvalue weighted by Crippen LogP contribution is 2.61. The highest BCUT2D eigenvalue weighted by atomic mass is 16.7. The van der Waals surface area contributed by atoms with Gasteiger partial charge in [0.2, 0.25) is 11.8 Å². The summed E-state index contributed by atoms with van der Waals surface area (Å²) < 4.78 is 6.42. The second-order valence-electron chi connectivity index (χ2n) is 19.4. The lowest BCUT2D eigenvalue weighted by Crippen LogP contribution is -2.62. The molecule has 6 aliphatic rings. The Labute approximate surface area is 321 Å². The molecule has 5 saturated carbocycles. The van der Waals surface area contributed by atoms with Crippen LogP contribution in [0.25, 0.3) is 0 Å². The van der Waals surface area contributed by atoms with Crippen molar-refractivity contribution in [1.29, 1.82) is 0 Å². The lowest BCUT2D eigenvalue weighted by atomic mass is 9.45. The van der Waals surface area contributed by atoms with Crippen LogP contribution < -0.4 is 10.6 Å². The van der Waals surface area contributed by atoms with E-state index in [1.54, 1.807) is 12.0 Å². The van der Waals surface area contributed by atoms with Gasteiger partial charge in [0.15, 0.2) is 0 Å². The van der Waals surface area contributed by atoms with Gasteiger partial charge >= 0.3 is 0 Å². The molecular formula is C42H77N5O6. The molecule has 2 bridgehead atoms. The van der Waals surface area contributed by atoms with E-state index in [-0.39, 0.29) is 54.4 Å². The minimum atomic E-state index is -0.827. The number of fused-ring (bicyclic) bond motifs is 2. The minimum Gasteiger partial charge on any atom is -0.394 e. The molecule has 11 nitrogen and oxygen atoms in total. The number of aliphatic hydroxyl groups is 2. The number of hydroxylamine groups is 2. The quantitative estimate of drug-likeness (QED) is 0.197. The van der Waals surface area contributed by atoms with Gasteiger partial charge in [-0.05, 0) is 121 Å². The van der Waals surface area contributed by atoms with Gasteiger partial charge in [0.25, 0.3) is 0 Å². The molecule has 0 radical (unpaired) electrons. The molecule has 6 fully saturated rings. The van der Waals surface area contributed by atoms with Crippen LogP contribution in [0.3, 0.4) is 0 Å². The number of hydrogen-bond donors (Lipinski definition) is 4. The normalized spacial score (nSPS) is 40.4. The van der Waals surface area contributed by atoms with Crippen molar-refractivity contribution in [3.05, 3.63) is 0 Å². The topological polar surface area (TPSA) is 127 Å². The number of nitrogens with one attached hydrogen (secondary N) is 2. The Hall–Kier alpha value is -1.34. The molecule has 4 N–H and O–H groups in total. The summed E-state index contributed by atoms with van der Waals surface area (Å²) in [5.74, 6) is 2.16. The molecule has 6 rings (SSSR count). The first-order valence-electron chi connectivity index (χ1n) is 21.2. The monoisotopic (exact) mass is 748 g/mol. The van der Waals surface area contributed by atoms with Gasteiger partial charge in [0, 0.05) is 56.1 Å². The Morgan fingerprint density at radius 3 is 2.32 bits per heavy atom. The van der Waals surface area contributed by atoms with Crippen molar-refractivity contribution in [3.8, 4) is 0 Å². The van der Waals surface area contributed by atoms with Gasteiger partial charge in [-0.2, -0.15) is 5.06 Å². The summed E-state index contributed by atoms with van der Waals surface area (Å²) in [6.07, 6.45) is 7.46. The second kappa shape index (κ2) is 17.9. The molecule has 16 atom stereocenters. The number of carbonyl (C=O) groups excluding carboxylic acids is 2. The zero-order valence-corrected chi connectivity index (χ0v) is 35.1. The van der Waals surface area contributed by atoms with E-state index < -0.39 is 24.2 Å². The molecule has 0 aromatic heterocycles. The van der Waals surface area contributed by atoms with Gasteiger partial charge in [-0.25, -0.2) is 0 Å². The number of ether oxygens (including phenoxy) is 1. The number of carbonyl (C=O) groups is 2. The summed E-state index contributed by atoms with van der Waals surface area (Å²) in [6, 6.07) is -0.183. The third-order valence-corrected chi connectivity index (χ3v) is 15.4. The maximum Gasteiger partial charge on any atom is 0.240 e. The van der Waals surface area contributed by atoms with E-state index in [1.165, 1.54) is 6.42 Å². The van der Waals surface area contributed by atoms with Gasteiger partial charge in [-0.15, -0.1) is 0 Å². The fourth-order valence-electron chi connectivity index (χ4n) is 11.8. The van der Waals surface area contributed by atoms with Crippen molar-refractivity contribution in [2.75, 3.05) is 55.0 Å². The standard InChI is InChI=1S/C42H77N5O6/c1-12-24(2)35(22-45(7)8)44-40(50)29-16-28(17-31(18-29)46(9)10)32-15-13-14-27(39(32)52-11)21-47-38(37(26(4)49)36(23-48)53-47)41(51)43-34-20-30-19-33(25(34)3)42(30,5)6/h24-39,48-49H,12-23H2,1-11H3,(H,43,51)(H,44,50)/t24-,25-,26-,27?,28?,29?,30+,31?,32?,33-,34?,35+,36-,37+,38-,39?/m0/s1. The number of hydrogen-bond acceptors (Lipinski definition) is 9. The molecule has 0 spiro atoms. The van der Waals surface area contributed by atoms with Crippen LogP contribution >= 0.6 is 0 Å². The van der Waals surface area contributed by atoms with Crippen LogP contribution in [-0.4, -0.2) is 134 Å². The number of methoxy groups -OCH3 is 1. The summed E-state index contributed by atoms with van der Waals surface area (Å²) in [5, 5.41) is 30.1. The predicted molar refractivity (Wildman–Crippen MR) is 209 cm³/mol. The first-order chi connectivity index (χ1) is 25.0. The van der Waals surface area contributed by atoms with Gasteiger partial charge in [-0.3, -0.25) is 14.4 Å². The third kappa shape index (κ3) is 9.12. The van der Waals surface area contributed by atoms with Gasteiger partial charge in [0.1, 0.15) is 12.1 Å². The molecule has 0 aromatic carbocycles. The average Bonchev–Trinajstić information content (AvgIpc) is 3.49. The number of amides is 2. The Morgan fingerprint density at radius 1 is 1.04 bits per heavy atom. The van der Waals surface area contributed by atoms with E-state index >= 15 is 0 Å². The molecule has 1 aliphatic heterocycles. The molecule has 1 heterocycles. The van der Waals surface area contributed by atoms with Crippen LogP contribution in [0.4, 0.5) is 0 Å². The van der Waals surface area contributed by atoms with Gasteiger partial charge in [0.05, 0.1) is 18.8 Å². The first-order valence-corrected chi connectivity index (χ1v) is 21.2. The van der Waals surface area contributed by atoms with Crippen molar-refractivity contribution >= 4 is 11.8 Å². The van der Waals surface area contributed by atoms with Gasteiger partial charge < -0.3 is 35.4 Å². The molecule has 5 aliphatic carbocycles. The zero-order chi connectivity index (χ0) is 38.9. The number of rotatable bonds is 15. The van der Waals surface area contributed by atoms with E-state index in [2.05, 4.69) is 83.2 Å². The van der Waals surface area contributed by atoms with Crippen molar-refractivity contribution in [3.63, 3.8) is 0 Å². The Balaban J connectivity index is 1.32. The van der Waals surface area contributed by atoms with Crippen molar-refractivity contribution in [2.45, 2.75) is 142 Å². The van der Waals surface area contributed by atoms with Crippen LogP contribution in [0.1, 0.15) is 99.3 Å². The maximum atomic E-state index is 14.3. The SMILES string of the molecule is CC[C@H](C)[C@@H](CN(C)C)NC(=O)C1CC(C2CCCC(CN3O[C@@H](CO)[C@@H]([C@H](C)O)[C@H]3C(=O)NC3C[C@H]4C[C@@H]([C@@H]3C)C4(C)C)C2OC)CC(N(C)C)C1. The highest BCUT2D eigenvalue weighted by Gasteiger charge is 2.58. The fourth-order valence-corrected chi connectivity index (χ4v) is 11.8. The Bertz CT molecular complexity index is 1220. The lowest BCUT2D eigenvalue weighted by Gasteiger charge is -2.62. The summed E-state index contributed by atoms with van der Waals surface area (Å²) in [7, 11) is 10.2. The van der Waals surface area contributed by atoms with E-state index in [0.717, 1.165) is 57.9 Å². The lowest BCUT2D eigenvalue weighted by molar-refractivity contribution is -0.193. The molecule has 2 amide bonds. The van der Waals surface area contributed by atoms with Crippen molar-refractivity contribution < 1.29 is 29.4 Å². The predicted octanol–water partition coefficient (Wildman–Crippen LogP) is 4.02. The summed E-state index contributed by atoms with van der Waals surface area (Å²) in [5.41, 5.74) is 0.316. The third-order valence-electron chi connectivity index (χ3n) is 15.4. The summed E-state index contributed by atoms with van der Waals surface area (Å²) in [4.78, 5) is 39.2. The second-order valence-corrected chi connectivity index (χ2v) is 19.4. The summed E-state index contributed by atoms with van der Waals surface area (Å²) in [6.45, 7) is 14.2. The highest BCUT2D eigenvalue weighted by molar-refractivity contribution is 5.83. The number of aliphatic hydroxyl groups excluding tert-OH is 2. The fraction of sp³-hybridized carbons (Fsp3) is 0.952. The van der Waals surface area contributed by atoms with E-state index in [0.29, 0.717) is 47.6 Å². The van der Waals surface area contributed by atoms with Crippen LogP contribution in [0.2, 0.25) is 0 Å². The van der Waals surface area contributed by atoms with Crippen LogP contribution in [0.15, 0.2) is 0 Å². The smallest absolute Gasteiger partial charge is 0.240 e. The maximum absolute atomic E-state index is 14.3. The molecule has 0 aromatic rings. The number of nitrogens with zero attached hydrogens (tertiary/aromatic N) is 3. The van der Waals surface area contributed by atoms with E-state index in [1.807, 2.05) is 7.11 Å². The molecule has 53 heavy (non-hydrogen) atoms. The molecule has 306 valence electrons. The molecule has 7 unspecified atom stereocenters. The van der Waals surface area contributed by atoms with E-state index in [4.69, 9.17) is 9.57 Å². The molecular weight excluding hydrogens is 670 g/mol. The van der Waals surface area contributed by atoms with Crippen molar-refractivity contribution in [2.24, 2.45) is 58.7 Å². The minimum absolute atomic E-state index is 0.0568.